The van der Waals surface area contributed by atoms with E-state index in [0.29, 0.717) is 0 Å². The summed E-state index contributed by atoms with van der Waals surface area (Å²) in [5.41, 5.74) is 1.48. The van der Waals surface area contributed by atoms with Crippen molar-refractivity contribution >= 4 is 0 Å². The van der Waals surface area contributed by atoms with Crippen LogP contribution in [-0.4, -0.2) is 0 Å². The van der Waals surface area contributed by atoms with Gasteiger partial charge in [-0.1, -0.05) is 26.2 Å². The summed E-state index contributed by atoms with van der Waals surface area (Å²) in [4.78, 5) is 0. The summed E-state index contributed by atoms with van der Waals surface area (Å²) in [7, 11) is 0. The van der Waals surface area contributed by atoms with E-state index in [4.69, 9.17) is 0 Å². The Hall–Kier alpha value is -0.677. The third kappa shape index (κ3) is 7.28. The first kappa shape index (κ1) is 14.3. The van der Waals surface area contributed by atoms with E-state index in [-0.39, 0.29) is 19.5 Å². The zero-order valence-electron chi connectivity index (χ0n) is 9.17. The summed E-state index contributed by atoms with van der Waals surface area (Å²) >= 11 is 0. The molecule has 0 unspecified atom stereocenters. The minimum atomic E-state index is 0. The molecule has 1 heteroatoms. The molecule has 0 amide bonds. The molecule has 0 fully saturated rings. The van der Waals surface area contributed by atoms with Gasteiger partial charge in [0.15, 0.2) is 0 Å². The number of hydrogen-bond acceptors (Lipinski definition) is 0. The van der Waals surface area contributed by atoms with Crippen molar-refractivity contribution in [2.45, 2.75) is 26.2 Å². The van der Waals surface area contributed by atoms with Crippen LogP contribution in [0.4, 0.5) is 0 Å². The van der Waals surface area contributed by atoms with Crippen LogP contribution in [0.25, 0.3) is 0 Å². The van der Waals surface area contributed by atoms with E-state index in [2.05, 4.69) is 31.2 Å². The van der Waals surface area contributed by atoms with Gasteiger partial charge in [-0.05, 0) is 0 Å². The summed E-state index contributed by atoms with van der Waals surface area (Å²) in [6.45, 7) is 2.23. The standard InChI is InChI=1S/C9H13.C5H5.Ru/c1-2-3-6-9-7-4-5-8-9;1-2-4-5-3-1;/h4-5,7-8H,2-3,6H2,1H3;1-5H;/q-1;-5;. The molecule has 0 saturated carbocycles. The van der Waals surface area contributed by atoms with Crippen molar-refractivity contribution < 1.29 is 19.5 Å². The van der Waals surface area contributed by atoms with Crippen molar-refractivity contribution in [3.05, 3.63) is 60.2 Å². The predicted molar refractivity (Wildman–Crippen MR) is 62.7 cm³/mol. The Labute approximate surface area is 106 Å². The van der Waals surface area contributed by atoms with Crippen LogP contribution in [0, 0.1) is 0 Å². The molecule has 0 spiro atoms. The van der Waals surface area contributed by atoms with E-state index in [0.717, 1.165) is 0 Å². The number of unbranched alkanes of at least 4 members (excludes halogenated alkanes) is 1. The van der Waals surface area contributed by atoms with Gasteiger partial charge in [0.25, 0.3) is 0 Å². The van der Waals surface area contributed by atoms with Crippen LogP contribution in [0.15, 0.2) is 54.6 Å². The van der Waals surface area contributed by atoms with E-state index in [1.54, 1.807) is 0 Å². The Morgan fingerprint density at radius 1 is 0.933 bits per heavy atom. The third-order valence-electron chi connectivity index (χ3n) is 2.11. The van der Waals surface area contributed by atoms with E-state index in [1.807, 2.05) is 30.3 Å². The molecule has 0 nitrogen and oxygen atoms in total. The zero-order chi connectivity index (χ0) is 10.1. The van der Waals surface area contributed by atoms with Crippen LogP contribution in [0.3, 0.4) is 0 Å². The molecular formula is C14H18Ru-6. The summed E-state index contributed by atoms with van der Waals surface area (Å²) in [6, 6.07) is 18.6. The Kier molecular flexibility index (Phi) is 9.42. The van der Waals surface area contributed by atoms with E-state index in [9.17, 15) is 0 Å². The second kappa shape index (κ2) is 9.86. The smallest absolute Gasteiger partial charge is 0 e. The molecule has 2 aromatic rings. The van der Waals surface area contributed by atoms with Crippen LogP contribution in [-0.2, 0) is 25.9 Å². The van der Waals surface area contributed by atoms with Gasteiger partial charge in [-0.2, -0.15) is 17.7 Å². The van der Waals surface area contributed by atoms with Gasteiger partial charge in [0.1, 0.15) is 0 Å². The van der Waals surface area contributed by atoms with Crippen molar-refractivity contribution in [2.24, 2.45) is 0 Å². The molecule has 0 aliphatic rings. The summed E-state index contributed by atoms with van der Waals surface area (Å²) < 4.78 is 0. The Balaban J connectivity index is 0.000000280. The monoisotopic (exact) mass is 288 g/mol. The molecule has 0 radical (unpaired) electrons. The molecular weight excluding hydrogens is 269 g/mol. The molecule has 0 aliphatic carbocycles. The van der Waals surface area contributed by atoms with Crippen molar-refractivity contribution in [1.82, 2.24) is 0 Å². The van der Waals surface area contributed by atoms with Crippen molar-refractivity contribution in [1.29, 1.82) is 0 Å². The van der Waals surface area contributed by atoms with Crippen LogP contribution in [0.1, 0.15) is 25.3 Å². The number of aryl methyl sites for hydroxylation is 1. The fourth-order valence-corrected chi connectivity index (χ4v) is 1.28. The second-order valence-corrected chi connectivity index (χ2v) is 3.36. The number of rotatable bonds is 3. The summed E-state index contributed by atoms with van der Waals surface area (Å²) in [5.74, 6) is 0. The quantitative estimate of drug-likeness (QED) is 0.587. The molecule has 15 heavy (non-hydrogen) atoms. The molecule has 0 heterocycles. The first-order valence-corrected chi connectivity index (χ1v) is 5.30. The van der Waals surface area contributed by atoms with Gasteiger partial charge in [0.2, 0.25) is 0 Å². The van der Waals surface area contributed by atoms with Crippen molar-refractivity contribution in [2.75, 3.05) is 0 Å². The van der Waals surface area contributed by atoms with Crippen LogP contribution in [0.5, 0.6) is 0 Å². The van der Waals surface area contributed by atoms with Gasteiger partial charge >= 0.3 is 0 Å². The van der Waals surface area contributed by atoms with E-state index in [1.165, 1.54) is 24.8 Å². The molecule has 88 valence electrons. The summed E-state index contributed by atoms with van der Waals surface area (Å²) in [5, 5.41) is 0. The predicted octanol–water partition coefficient (Wildman–Crippen LogP) is 4.15. The van der Waals surface area contributed by atoms with Gasteiger partial charge in [-0.25, -0.2) is 12.1 Å². The molecule has 2 rings (SSSR count). The molecule has 0 saturated heterocycles. The van der Waals surface area contributed by atoms with Crippen molar-refractivity contribution in [3.8, 4) is 0 Å². The van der Waals surface area contributed by atoms with Crippen LogP contribution >= 0.6 is 0 Å². The molecule has 0 N–H and O–H groups in total. The van der Waals surface area contributed by atoms with Crippen molar-refractivity contribution in [3.63, 3.8) is 0 Å². The summed E-state index contributed by atoms with van der Waals surface area (Å²) in [6.07, 6.45) is 3.87. The molecule has 0 atom stereocenters. The minimum Gasteiger partial charge on any atom is -0.748 e. The SMILES string of the molecule is CCCC[c-]1cccc1.[Ru].[cH-]1[cH-][cH-][cH-][cH-]1. The number of hydrogen-bond donors (Lipinski definition) is 0. The van der Waals surface area contributed by atoms with Gasteiger partial charge in [0.05, 0.1) is 0 Å². The fourth-order valence-electron chi connectivity index (χ4n) is 1.28. The van der Waals surface area contributed by atoms with Gasteiger partial charge in [-0.15, -0.1) is 0 Å². The molecule has 0 aromatic heterocycles. The normalized spacial score (nSPS) is 8.60. The zero-order valence-corrected chi connectivity index (χ0v) is 10.9. The van der Waals surface area contributed by atoms with Gasteiger partial charge < -0.3 is 30.3 Å². The van der Waals surface area contributed by atoms with Gasteiger partial charge in [0, 0.05) is 19.5 Å². The molecule has 0 aliphatic heterocycles. The van der Waals surface area contributed by atoms with E-state index >= 15 is 0 Å². The average molecular weight is 287 g/mol. The van der Waals surface area contributed by atoms with E-state index < -0.39 is 0 Å². The molecule has 2 aromatic carbocycles. The average Bonchev–Trinajstić information content (AvgIpc) is 2.90. The second-order valence-electron chi connectivity index (χ2n) is 3.36. The Morgan fingerprint density at radius 2 is 1.40 bits per heavy atom. The van der Waals surface area contributed by atoms with Gasteiger partial charge in [-0.3, -0.25) is 0 Å². The first-order chi connectivity index (χ1) is 6.93. The largest absolute Gasteiger partial charge is 0.748 e. The maximum atomic E-state index is 2.23. The maximum absolute atomic E-state index is 2.23. The fraction of sp³-hybridized carbons (Fsp3) is 0.286. The Morgan fingerprint density at radius 3 is 1.80 bits per heavy atom. The molecule has 0 bridgehead atoms. The minimum absolute atomic E-state index is 0. The topological polar surface area (TPSA) is 0 Å². The van der Waals surface area contributed by atoms with Crippen LogP contribution < -0.4 is 0 Å². The van der Waals surface area contributed by atoms with Crippen LogP contribution in [0.2, 0.25) is 0 Å². The third-order valence-corrected chi connectivity index (χ3v) is 2.11. The maximum Gasteiger partial charge on any atom is 0 e. The first-order valence-electron chi connectivity index (χ1n) is 5.30. The Bertz CT molecular complexity index is 262.